The molecular formula is C20H25N3O2. The lowest BCUT2D eigenvalue weighted by Gasteiger charge is -2.37. The lowest BCUT2D eigenvalue weighted by Crippen LogP contribution is -2.51. The van der Waals surface area contributed by atoms with Crippen LogP contribution in [0, 0.1) is 0 Å². The summed E-state index contributed by atoms with van der Waals surface area (Å²) in [5, 5.41) is 0. The summed E-state index contributed by atoms with van der Waals surface area (Å²) in [7, 11) is 3.64. The zero-order valence-corrected chi connectivity index (χ0v) is 14.9. The molecule has 1 amide bonds. The van der Waals surface area contributed by atoms with Crippen LogP contribution in [0.1, 0.15) is 0 Å². The van der Waals surface area contributed by atoms with Gasteiger partial charge in [-0.3, -0.25) is 4.79 Å². The Balaban J connectivity index is 1.54. The lowest BCUT2D eigenvalue weighted by atomic mass is 10.2. The number of anilines is 2. The Labute approximate surface area is 149 Å². The van der Waals surface area contributed by atoms with Crippen LogP contribution in [0.25, 0.3) is 0 Å². The second-order valence-corrected chi connectivity index (χ2v) is 6.26. The Kier molecular flexibility index (Phi) is 5.43. The van der Waals surface area contributed by atoms with Crippen molar-refractivity contribution in [2.75, 3.05) is 56.7 Å². The minimum absolute atomic E-state index is 0.177. The Hall–Kier alpha value is -2.69. The fourth-order valence-electron chi connectivity index (χ4n) is 3.10. The second kappa shape index (κ2) is 7.92. The molecule has 0 atom stereocenters. The Morgan fingerprint density at radius 3 is 2.44 bits per heavy atom. The number of hydrogen-bond donors (Lipinski definition) is 0. The van der Waals surface area contributed by atoms with Crippen LogP contribution in [0.15, 0.2) is 54.6 Å². The number of carbonyl (C=O) groups is 1. The van der Waals surface area contributed by atoms with Crippen LogP contribution in [0.5, 0.6) is 5.75 Å². The molecule has 3 rings (SSSR count). The maximum Gasteiger partial charge on any atom is 0.242 e. The maximum atomic E-state index is 12.6. The van der Waals surface area contributed by atoms with Gasteiger partial charge in [-0.2, -0.15) is 0 Å². The summed E-state index contributed by atoms with van der Waals surface area (Å²) in [6.07, 6.45) is 0. The predicted octanol–water partition coefficient (Wildman–Crippen LogP) is 2.48. The minimum Gasteiger partial charge on any atom is -0.497 e. The highest BCUT2D eigenvalue weighted by Crippen LogP contribution is 2.22. The largest absolute Gasteiger partial charge is 0.497 e. The van der Waals surface area contributed by atoms with Gasteiger partial charge in [-0.15, -0.1) is 0 Å². The molecule has 0 spiro atoms. The number of benzene rings is 2. The highest BCUT2D eigenvalue weighted by Gasteiger charge is 2.22. The number of nitrogens with zero attached hydrogens (tertiary/aromatic N) is 3. The van der Waals surface area contributed by atoms with E-state index in [9.17, 15) is 4.79 Å². The summed E-state index contributed by atoms with van der Waals surface area (Å²) in [5.41, 5.74) is 2.21. The smallest absolute Gasteiger partial charge is 0.242 e. The van der Waals surface area contributed by atoms with Crippen molar-refractivity contribution in [2.45, 2.75) is 0 Å². The van der Waals surface area contributed by atoms with Crippen LogP contribution in [0.4, 0.5) is 11.4 Å². The number of rotatable bonds is 5. The molecule has 1 fully saturated rings. The molecule has 0 saturated carbocycles. The standard InChI is InChI=1S/C20H25N3O2/c1-21(17-7-4-3-5-8-17)16-20(24)23-13-11-22(12-14-23)18-9-6-10-19(15-18)25-2/h3-10,15H,11-14,16H2,1-2H3. The first-order valence-electron chi connectivity index (χ1n) is 8.60. The summed E-state index contributed by atoms with van der Waals surface area (Å²) in [6, 6.07) is 18.1. The van der Waals surface area contributed by atoms with Crippen LogP contribution in [-0.2, 0) is 4.79 Å². The molecule has 0 unspecified atom stereocenters. The van der Waals surface area contributed by atoms with Crippen molar-refractivity contribution in [3.8, 4) is 5.75 Å². The monoisotopic (exact) mass is 339 g/mol. The summed E-state index contributed by atoms with van der Waals surface area (Å²) in [5.74, 6) is 1.04. The molecular weight excluding hydrogens is 314 g/mol. The van der Waals surface area contributed by atoms with Gasteiger partial charge < -0.3 is 19.4 Å². The molecule has 5 heteroatoms. The quantitative estimate of drug-likeness (QED) is 0.838. The van der Waals surface area contributed by atoms with Crippen molar-refractivity contribution in [3.05, 3.63) is 54.6 Å². The molecule has 0 aromatic heterocycles. The lowest BCUT2D eigenvalue weighted by molar-refractivity contribution is -0.129. The van der Waals surface area contributed by atoms with Crippen molar-refractivity contribution >= 4 is 17.3 Å². The number of likely N-dealkylation sites (N-methyl/N-ethyl adjacent to an activating group) is 1. The van der Waals surface area contributed by atoms with Crippen LogP contribution in [-0.4, -0.2) is 57.7 Å². The summed E-state index contributed by atoms with van der Waals surface area (Å²) in [4.78, 5) is 18.8. The van der Waals surface area contributed by atoms with Crippen LogP contribution >= 0.6 is 0 Å². The van der Waals surface area contributed by atoms with E-state index in [1.165, 1.54) is 0 Å². The first-order chi connectivity index (χ1) is 12.2. The van der Waals surface area contributed by atoms with Gasteiger partial charge in [0.15, 0.2) is 0 Å². The second-order valence-electron chi connectivity index (χ2n) is 6.26. The van der Waals surface area contributed by atoms with Crippen LogP contribution < -0.4 is 14.5 Å². The molecule has 1 aliphatic heterocycles. The first-order valence-corrected chi connectivity index (χ1v) is 8.60. The molecule has 2 aromatic carbocycles. The van der Waals surface area contributed by atoms with Crippen molar-refractivity contribution in [3.63, 3.8) is 0 Å². The van der Waals surface area contributed by atoms with E-state index in [1.807, 2.05) is 65.4 Å². The molecule has 0 bridgehead atoms. The van der Waals surface area contributed by atoms with Gasteiger partial charge in [0, 0.05) is 50.7 Å². The van der Waals surface area contributed by atoms with Crippen molar-refractivity contribution in [2.24, 2.45) is 0 Å². The predicted molar refractivity (Wildman–Crippen MR) is 101 cm³/mol. The molecule has 1 saturated heterocycles. The zero-order chi connectivity index (χ0) is 17.6. The minimum atomic E-state index is 0.177. The summed E-state index contributed by atoms with van der Waals surface area (Å²) >= 11 is 0. The van der Waals surface area contributed by atoms with Crippen LogP contribution in [0.2, 0.25) is 0 Å². The number of piperazine rings is 1. The Morgan fingerprint density at radius 1 is 1.04 bits per heavy atom. The van der Waals surface area contributed by atoms with Gasteiger partial charge in [0.05, 0.1) is 13.7 Å². The zero-order valence-electron chi connectivity index (χ0n) is 14.9. The van der Waals surface area contributed by atoms with Crippen molar-refractivity contribution in [1.29, 1.82) is 0 Å². The van der Waals surface area contributed by atoms with Gasteiger partial charge >= 0.3 is 0 Å². The average molecular weight is 339 g/mol. The number of para-hydroxylation sites is 1. The highest BCUT2D eigenvalue weighted by atomic mass is 16.5. The molecule has 1 aliphatic rings. The van der Waals surface area contributed by atoms with Gasteiger partial charge in [-0.05, 0) is 24.3 Å². The molecule has 25 heavy (non-hydrogen) atoms. The average Bonchev–Trinajstić information content (AvgIpc) is 2.68. The molecule has 0 aliphatic carbocycles. The van der Waals surface area contributed by atoms with E-state index in [2.05, 4.69) is 11.0 Å². The normalized spacial score (nSPS) is 14.3. The van der Waals surface area contributed by atoms with Gasteiger partial charge in [-0.25, -0.2) is 0 Å². The number of hydrogen-bond acceptors (Lipinski definition) is 4. The number of methoxy groups -OCH3 is 1. The van der Waals surface area contributed by atoms with E-state index in [0.717, 1.165) is 43.3 Å². The molecule has 0 radical (unpaired) electrons. The van der Waals surface area contributed by atoms with Gasteiger partial charge in [0.1, 0.15) is 5.75 Å². The number of carbonyl (C=O) groups excluding carboxylic acids is 1. The SMILES string of the molecule is COc1cccc(N2CCN(C(=O)CN(C)c3ccccc3)CC2)c1. The van der Waals surface area contributed by atoms with Crippen molar-refractivity contribution in [1.82, 2.24) is 4.90 Å². The van der Waals surface area contributed by atoms with E-state index in [-0.39, 0.29) is 5.91 Å². The summed E-state index contributed by atoms with van der Waals surface area (Å²) in [6.45, 7) is 3.59. The first kappa shape index (κ1) is 17.1. The third-order valence-corrected chi connectivity index (χ3v) is 4.62. The molecule has 5 nitrogen and oxygen atoms in total. The Bertz CT molecular complexity index is 697. The molecule has 1 heterocycles. The van der Waals surface area contributed by atoms with Gasteiger partial charge in [0.25, 0.3) is 0 Å². The number of amides is 1. The van der Waals surface area contributed by atoms with E-state index in [0.29, 0.717) is 6.54 Å². The summed E-state index contributed by atoms with van der Waals surface area (Å²) < 4.78 is 5.29. The number of ether oxygens (including phenoxy) is 1. The topological polar surface area (TPSA) is 36.0 Å². The van der Waals surface area contributed by atoms with E-state index < -0.39 is 0 Å². The van der Waals surface area contributed by atoms with E-state index in [4.69, 9.17) is 4.74 Å². The Morgan fingerprint density at radius 2 is 1.76 bits per heavy atom. The van der Waals surface area contributed by atoms with Crippen molar-refractivity contribution < 1.29 is 9.53 Å². The van der Waals surface area contributed by atoms with Crippen LogP contribution in [0.3, 0.4) is 0 Å². The highest BCUT2D eigenvalue weighted by molar-refractivity contribution is 5.81. The molecule has 132 valence electrons. The fourth-order valence-corrected chi connectivity index (χ4v) is 3.10. The third kappa shape index (κ3) is 4.24. The molecule has 0 N–H and O–H groups in total. The third-order valence-electron chi connectivity index (χ3n) is 4.62. The van der Waals surface area contributed by atoms with Gasteiger partial charge in [0.2, 0.25) is 5.91 Å². The van der Waals surface area contributed by atoms with Gasteiger partial charge in [-0.1, -0.05) is 24.3 Å². The maximum absolute atomic E-state index is 12.6. The van der Waals surface area contributed by atoms with E-state index in [1.54, 1.807) is 7.11 Å². The van der Waals surface area contributed by atoms with E-state index >= 15 is 0 Å². The molecule has 2 aromatic rings. The fraction of sp³-hybridized carbons (Fsp3) is 0.350.